The van der Waals surface area contributed by atoms with Gasteiger partial charge in [0.15, 0.2) is 6.10 Å². The molecule has 0 amide bonds. The number of rotatable bonds is 60. The van der Waals surface area contributed by atoms with Crippen molar-refractivity contribution in [3.8, 4) is 0 Å². The highest BCUT2D eigenvalue weighted by molar-refractivity contribution is 7.47. The number of allylic oxidation sites excluding steroid dienone is 8. The molecule has 0 saturated carbocycles. The Morgan fingerprint density at radius 3 is 1.07 bits per heavy atom. The second-order valence-corrected chi connectivity index (χ2v) is 24.6. The van der Waals surface area contributed by atoms with Gasteiger partial charge < -0.3 is 18.9 Å². The summed E-state index contributed by atoms with van der Waals surface area (Å²) in [4.78, 5) is 35.8. The average molecular weight is 1090 g/mol. The summed E-state index contributed by atoms with van der Waals surface area (Å²) in [7, 11) is 1.49. The van der Waals surface area contributed by atoms with E-state index in [4.69, 9.17) is 18.5 Å². The van der Waals surface area contributed by atoms with Crippen molar-refractivity contribution in [2.45, 2.75) is 315 Å². The Labute approximate surface area is 471 Å². The molecule has 0 aromatic heterocycles. The molecule has 1 N–H and O–H groups in total. The molecular weight excluding hydrogens is 966 g/mol. The van der Waals surface area contributed by atoms with Gasteiger partial charge in [-0.3, -0.25) is 18.6 Å². The van der Waals surface area contributed by atoms with E-state index < -0.39 is 26.5 Å². The molecule has 0 fully saturated rings. The Kier molecular flexibility index (Phi) is 56.1. The van der Waals surface area contributed by atoms with Gasteiger partial charge in [0, 0.05) is 12.8 Å². The number of carbonyl (C=O) groups is 2. The molecule has 2 unspecified atom stereocenters. The van der Waals surface area contributed by atoms with Gasteiger partial charge in [0.1, 0.15) is 19.8 Å². The Bertz CT molecular complexity index is 1420. The molecule has 10 heteroatoms. The van der Waals surface area contributed by atoms with Gasteiger partial charge in [-0.15, -0.1) is 0 Å². The minimum atomic E-state index is -4.39. The predicted molar refractivity (Wildman–Crippen MR) is 326 cm³/mol. The maximum absolute atomic E-state index is 12.8. The number of phosphoric ester groups is 1. The predicted octanol–water partition coefficient (Wildman–Crippen LogP) is 20.5. The van der Waals surface area contributed by atoms with Crippen molar-refractivity contribution in [2.24, 2.45) is 0 Å². The zero-order chi connectivity index (χ0) is 55.6. The van der Waals surface area contributed by atoms with Crippen LogP contribution in [0.25, 0.3) is 0 Å². The second-order valence-electron chi connectivity index (χ2n) is 23.1. The number of hydrogen-bond acceptors (Lipinski definition) is 7. The molecule has 0 rings (SSSR count). The van der Waals surface area contributed by atoms with Gasteiger partial charge in [0.2, 0.25) is 0 Å². The van der Waals surface area contributed by atoms with E-state index in [1.54, 1.807) is 0 Å². The van der Waals surface area contributed by atoms with Gasteiger partial charge in [-0.1, -0.05) is 268 Å². The summed E-state index contributed by atoms with van der Waals surface area (Å²) in [5, 5.41) is 0. The topological polar surface area (TPSA) is 108 Å². The number of esters is 2. The Hall–Kier alpha value is -2.03. The quantitative estimate of drug-likeness (QED) is 0.0211. The smallest absolute Gasteiger partial charge is 0.462 e. The highest BCUT2D eigenvalue weighted by Crippen LogP contribution is 2.43. The largest absolute Gasteiger partial charge is 0.472 e. The third-order valence-electron chi connectivity index (χ3n) is 14.3. The fourth-order valence-electron chi connectivity index (χ4n) is 9.31. The third kappa shape index (κ3) is 61.2. The van der Waals surface area contributed by atoms with Crippen LogP contribution in [0.3, 0.4) is 0 Å². The molecule has 0 radical (unpaired) electrons. The lowest BCUT2D eigenvalue weighted by Crippen LogP contribution is -2.37. The van der Waals surface area contributed by atoms with Crippen LogP contribution in [0.15, 0.2) is 48.6 Å². The number of quaternary nitrogens is 1. The first-order chi connectivity index (χ1) is 37.0. The summed E-state index contributed by atoms with van der Waals surface area (Å²) in [6.45, 7) is 4.46. The Morgan fingerprint density at radius 2 is 0.711 bits per heavy atom. The zero-order valence-corrected chi connectivity index (χ0v) is 51.6. The first kappa shape index (κ1) is 74.0. The minimum absolute atomic E-state index is 0.0322. The number of ether oxygens (including phenoxy) is 2. The van der Waals surface area contributed by atoms with Gasteiger partial charge in [-0.2, -0.15) is 0 Å². The van der Waals surface area contributed by atoms with Crippen LogP contribution in [0.1, 0.15) is 309 Å². The lowest BCUT2D eigenvalue weighted by molar-refractivity contribution is -0.870. The first-order valence-corrected chi connectivity index (χ1v) is 33.9. The summed E-state index contributed by atoms with van der Waals surface area (Å²) in [6.07, 6.45) is 73.4. The number of carbonyl (C=O) groups excluding carboxylic acids is 2. The maximum atomic E-state index is 12.8. The molecule has 0 aromatic carbocycles. The number of nitrogens with zero attached hydrogens (tertiary/aromatic N) is 1. The van der Waals surface area contributed by atoms with Gasteiger partial charge >= 0.3 is 19.8 Å². The third-order valence-corrected chi connectivity index (χ3v) is 15.3. The standard InChI is InChI=1S/C66H124NO8P/c1-6-8-10-12-14-16-18-20-22-24-26-28-29-30-31-32-33-34-35-36-37-39-41-43-45-47-49-51-53-55-57-59-66(69)75-64(63-74-76(70,71)73-61-60-67(3,4)5)62-72-65(68)58-56-54-52-50-48-46-44-42-40-38-27-25-23-21-19-17-15-13-11-9-7-2/h18,20,24-27,29-30,64H,6-17,19,21-23,28,31-63H2,1-5H3/p+1/b20-18-,26-24-,27-25-,30-29-. The van der Waals surface area contributed by atoms with Gasteiger partial charge in [0.05, 0.1) is 27.7 Å². The minimum Gasteiger partial charge on any atom is -0.462 e. The van der Waals surface area contributed by atoms with Crippen LogP contribution in [0, 0.1) is 0 Å². The first-order valence-electron chi connectivity index (χ1n) is 32.4. The molecule has 0 heterocycles. The summed E-state index contributed by atoms with van der Waals surface area (Å²) < 4.78 is 34.7. The van der Waals surface area contributed by atoms with Crippen LogP contribution in [0.2, 0.25) is 0 Å². The molecular formula is C66H125NO8P+. The molecule has 9 nitrogen and oxygen atoms in total. The highest BCUT2D eigenvalue weighted by Gasteiger charge is 2.27. The molecule has 0 aliphatic carbocycles. The maximum Gasteiger partial charge on any atom is 0.472 e. The molecule has 0 aromatic rings. The Morgan fingerprint density at radius 1 is 0.408 bits per heavy atom. The van der Waals surface area contributed by atoms with Crippen LogP contribution in [0.5, 0.6) is 0 Å². The molecule has 446 valence electrons. The average Bonchev–Trinajstić information content (AvgIpc) is 3.38. The van der Waals surface area contributed by atoms with Crippen molar-refractivity contribution in [3.63, 3.8) is 0 Å². The van der Waals surface area contributed by atoms with Crippen molar-refractivity contribution < 1.29 is 42.1 Å². The van der Waals surface area contributed by atoms with Crippen LogP contribution in [0.4, 0.5) is 0 Å². The molecule has 0 aliphatic rings. The summed E-state index contributed by atoms with van der Waals surface area (Å²) in [5.41, 5.74) is 0. The number of hydrogen-bond donors (Lipinski definition) is 1. The number of phosphoric acid groups is 1. The van der Waals surface area contributed by atoms with E-state index in [-0.39, 0.29) is 32.0 Å². The van der Waals surface area contributed by atoms with E-state index in [0.717, 1.165) is 44.9 Å². The molecule has 0 aliphatic heterocycles. The lowest BCUT2D eigenvalue weighted by Gasteiger charge is -2.24. The van der Waals surface area contributed by atoms with Crippen LogP contribution in [-0.2, 0) is 32.7 Å². The van der Waals surface area contributed by atoms with Crippen molar-refractivity contribution in [1.29, 1.82) is 0 Å². The molecule has 76 heavy (non-hydrogen) atoms. The molecule has 0 bridgehead atoms. The summed E-state index contributed by atoms with van der Waals surface area (Å²) in [6, 6.07) is 0. The van der Waals surface area contributed by atoms with Crippen molar-refractivity contribution in [2.75, 3.05) is 47.5 Å². The fraction of sp³-hybridized carbons (Fsp3) is 0.848. The summed E-state index contributed by atoms with van der Waals surface area (Å²) >= 11 is 0. The molecule has 0 spiro atoms. The van der Waals surface area contributed by atoms with Crippen molar-refractivity contribution in [3.05, 3.63) is 48.6 Å². The Balaban J connectivity index is 4.06. The van der Waals surface area contributed by atoms with E-state index >= 15 is 0 Å². The lowest BCUT2D eigenvalue weighted by atomic mass is 10.0. The summed E-state index contributed by atoms with van der Waals surface area (Å²) in [5.74, 6) is -0.787. The normalized spacial score (nSPS) is 13.5. The SMILES string of the molecule is CCCCCCC/C=C\C/C=C\C/C=C\CCCCCCCCCCCCCCCCCCC(=O)OC(COC(=O)CCCCCCCCCCC/C=C\CCCCCCCCCC)COP(=O)(O)OCC[N+](C)(C)C. The van der Waals surface area contributed by atoms with Crippen LogP contribution >= 0.6 is 7.82 Å². The zero-order valence-electron chi connectivity index (χ0n) is 50.8. The van der Waals surface area contributed by atoms with E-state index in [2.05, 4.69) is 62.5 Å². The van der Waals surface area contributed by atoms with E-state index in [1.165, 1.54) is 231 Å². The molecule has 0 saturated heterocycles. The number of unbranched alkanes of at least 4 members (excludes halogenated alkanes) is 38. The van der Waals surface area contributed by atoms with E-state index in [1.807, 2.05) is 21.1 Å². The van der Waals surface area contributed by atoms with E-state index in [9.17, 15) is 19.0 Å². The van der Waals surface area contributed by atoms with Crippen molar-refractivity contribution in [1.82, 2.24) is 0 Å². The monoisotopic (exact) mass is 1090 g/mol. The molecule has 2 atom stereocenters. The van der Waals surface area contributed by atoms with E-state index in [0.29, 0.717) is 17.4 Å². The highest BCUT2D eigenvalue weighted by atomic mass is 31.2. The van der Waals surface area contributed by atoms with Crippen molar-refractivity contribution >= 4 is 19.8 Å². The van der Waals surface area contributed by atoms with Crippen LogP contribution < -0.4 is 0 Å². The number of likely N-dealkylation sites (N-methyl/N-ethyl adjacent to an activating group) is 1. The van der Waals surface area contributed by atoms with Gasteiger partial charge in [-0.05, 0) is 77.0 Å². The fourth-order valence-corrected chi connectivity index (χ4v) is 10.1. The van der Waals surface area contributed by atoms with Crippen LogP contribution in [-0.4, -0.2) is 74.9 Å². The second kappa shape index (κ2) is 57.6. The van der Waals surface area contributed by atoms with Gasteiger partial charge in [0.25, 0.3) is 0 Å². The van der Waals surface area contributed by atoms with Gasteiger partial charge in [-0.25, -0.2) is 4.57 Å².